The first kappa shape index (κ1) is 8.79. The van der Waals surface area contributed by atoms with Gasteiger partial charge in [-0.25, -0.2) is 0 Å². The molecule has 5 heteroatoms. The van der Waals surface area contributed by atoms with Gasteiger partial charge in [0.1, 0.15) is 16.6 Å². The van der Waals surface area contributed by atoms with Crippen LogP contribution in [0.5, 0.6) is 0 Å². The second-order valence-electron chi connectivity index (χ2n) is 3.25. The number of nitrogens with zero attached hydrogens (tertiary/aromatic N) is 2. The standard InChI is InChI=1S/C8H8ClN3S/c1-4-2-5(4)11-7-6(3-10)13-12-8(7)9/h4-5,11H,2H2,1H3/t4-,5-/m1/s1. The Labute approximate surface area is 85.5 Å². The zero-order valence-corrected chi connectivity index (χ0v) is 8.61. The molecular weight excluding hydrogens is 206 g/mol. The molecule has 0 spiro atoms. The highest BCUT2D eigenvalue weighted by Gasteiger charge is 2.33. The molecule has 0 radical (unpaired) electrons. The Morgan fingerprint density at radius 2 is 2.46 bits per heavy atom. The maximum Gasteiger partial charge on any atom is 0.167 e. The Hall–Kier alpha value is -0.790. The molecule has 1 aromatic heterocycles. The van der Waals surface area contributed by atoms with Crippen molar-refractivity contribution >= 4 is 28.8 Å². The van der Waals surface area contributed by atoms with Crippen molar-refractivity contribution < 1.29 is 0 Å². The molecule has 0 amide bonds. The van der Waals surface area contributed by atoms with Gasteiger partial charge in [-0.15, -0.1) is 0 Å². The van der Waals surface area contributed by atoms with Crippen molar-refractivity contribution in [3.8, 4) is 6.07 Å². The molecule has 68 valence electrons. The van der Waals surface area contributed by atoms with Gasteiger partial charge in [0.2, 0.25) is 0 Å². The van der Waals surface area contributed by atoms with Crippen LogP contribution in [0.1, 0.15) is 18.2 Å². The summed E-state index contributed by atoms with van der Waals surface area (Å²) in [4.78, 5) is 0.573. The summed E-state index contributed by atoms with van der Waals surface area (Å²) in [6.45, 7) is 2.16. The van der Waals surface area contributed by atoms with Crippen LogP contribution in [-0.4, -0.2) is 10.4 Å². The molecule has 1 heterocycles. The van der Waals surface area contributed by atoms with E-state index < -0.39 is 0 Å². The second-order valence-corrected chi connectivity index (χ2v) is 4.38. The number of aromatic nitrogens is 1. The van der Waals surface area contributed by atoms with Gasteiger partial charge in [-0.1, -0.05) is 18.5 Å². The lowest BCUT2D eigenvalue weighted by molar-refractivity contribution is 0.929. The number of nitriles is 1. The molecule has 1 aromatic rings. The molecule has 3 nitrogen and oxygen atoms in total. The van der Waals surface area contributed by atoms with Crippen LogP contribution in [0.4, 0.5) is 5.69 Å². The van der Waals surface area contributed by atoms with E-state index in [1.165, 1.54) is 0 Å². The van der Waals surface area contributed by atoms with Crippen molar-refractivity contribution in [1.29, 1.82) is 5.26 Å². The quantitative estimate of drug-likeness (QED) is 0.821. The smallest absolute Gasteiger partial charge is 0.167 e. The number of anilines is 1. The summed E-state index contributed by atoms with van der Waals surface area (Å²) >= 11 is 6.97. The lowest BCUT2D eigenvalue weighted by Gasteiger charge is -2.01. The van der Waals surface area contributed by atoms with Crippen molar-refractivity contribution in [1.82, 2.24) is 4.37 Å². The second kappa shape index (κ2) is 3.17. The van der Waals surface area contributed by atoms with Crippen molar-refractivity contribution in [3.63, 3.8) is 0 Å². The van der Waals surface area contributed by atoms with E-state index in [1.807, 2.05) is 0 Å². The number of rotatable bonds is 2. The van der Waals surface area contributed by atoms with Crippen LogP contribution in [0.2, 0.25) is 5.15 Å². The molecule has 1 aliphatic rings. The zero-order valence-electron chi connectivity index (χ0n) is 7.04. The van der Waals surface area contributed by atoms with Gasteiger partial charge in [0.15, 0.2) is 5.15 Å². The Balaban J connectivity index is 2.19. The zero-order chi connectivity index (χ0) is 9.42. The molecule has 1 saturated carbocycles. The van der Waals surface area contributed by atoms with Gasteiger partial charge in [-0.3, -0.25) is 0 Å². The first-order valence-corrected chi connectivity index (χ1v) is 5.19. The van der Waals surface area contributed by atoms with Gasteiger partial charge < -0.3 is 5.32 Å². The molecular formula is C8H8ClN3S. The average Bonchev–Trinajstić information content (AvgIpc) is 2.68. The monoisotopic (exact) mass is 213 g/mol. The molecule has 0 saturated heterocycles. The van der Waals surface area contributed by atoms with E-state index in [2.05, 4.69) is 22.7 Å². The molecule has 2 rings (SSSR count). The molecule has 1 fully saturated rings. The van der Waals surface area contributed by atoms with Gasteiger partial charge in [-0.2, -0.15) is 9.64 Å². The van der Waals surface area contributed by atoms with Crippen LogP contribution in [0.25, 0.3) is 0 Å². The first-order chi connectivity index (χ1) is 6.22. The van der Waals surface area contributed by atoms with E-state index in [1.54, 1.807) is 0 Å². The number of nitrogens with one attached hydrogen (secondary N) is 1. The molecule has 2 atom stereocenters. The van der Waals surface area contributed by atoms with Crippen molar-refractivity contribution in [2.75, 3.05) is 5.32 Å². The Kier molecular flexibility index (Phi) is 2.14. The van der Waals surface area contributed by atoms with Crippen LogP contribution in [0.3, 0.4) is 0 Å². The molecule has 0 unspecified atom stereocenters. The van der Waals surface area contributed by atoms with Crippen LogP contribution in [0, 0.1) is 17.2 Å². The number of hydrogen-bond donors (Lipinski definition) is 1. The molecule has 1 N–H and O–H groups in total. The minimum atomic E-state index is 0.417. The predicted octanol–water partition coefficient (Wildman–Crippen LogP) is 2.49. The number of hydrogen-bond acceptors (Lipinski definition) is 4. The summed E-state index contributed by atoms with van der Waals surface area (Å²) < 4.78 is 3.92. The largest absolute Gasteiger partial charge is 0.378 e. The maximum absolute atomic E-state index is 8.75. The van der Waals surface area contributed by atoms with Gasteiger partial charge in [0, 0.05) is 6.04 Å². The van der Waals surface area contributed by atoms with E-state index in [-0.39, 0.29) is 0 Å². The highest BCUT2D eigenvalue weighted by molar-refractivity contribution is 7.07. The molecule has 13 heavy (non-hydrogen) atoms. The molecule has 0 aromatic carbocycles. The molecule has 1 aliphatic carbocycles. The topological polar surface area (TPSA) is 48.7 Å². The fraction of sp³-hybridized carbons (Fsp3) is 0.500. The summed E-state index contributed by atoms with van der Waals surface area (Å²) in [5.74, 6) is 0.683. The van der Waals surface area contributed by atoms with Crippen molar-refractivity contribution in [3.05, 3.63) is 10.0 Å². The van der Waals surface area contributed by atoms with E-state index in [4.69, 9.17) is 16.9 Å². The SMILES string of the molecule is C[C@@H]1C[C@H]1Nc1c(Cl)nsc1C#N. The Morgan fingerprint density at radius 3 is 3.00 bits per heavy atom. The third-order valence-corrected chi connectivity index (χ3v) is 3.32. The first-order valence-electron chi connectivity index (χ1n) is 4.04. The van der Waals surface area contributed by atoms with Crippen LogP contribution >= 0.6 is 23.1 Å². The van der Waals surface area contributed by atoms with E-state index in [0.29, 0.717) is 27.7 Å². The fourth-order valence-electron chi connectivity index (χ4n) is 1.18. The summed E-state index contributed by atoms with van der Waals surface area (Å²) in [6, 6.07) is 2.55. The number of halogens is 1. The Morgan fingerprint density at radius 1 is 1.77 bits per heavy atom. The lowest BCUT2D eigenvalue weighted by atomic mass is 10.4. The summed E-state index contributed by atoms with van der Waals surface area (Å²) in [5.41, 5.74) is 0.712. The highest BCUT2D eigenvalue weighted by atomic mass is 35.5. The minimum Gasteiger partial charge on any atom is -0.378 e. The molecule has 0 aliphatic heterocycles. The minimum absolute atomic E-state index is 0.417. The summed E-state index contributed by atoms with van der Waals surface area (Å²) in [6.07, 6.45) is 1.15. The van der Waals surface area contributed by atoms with Crippen LogP contribution < -0.4 is 5.32 Å². The van der Waals surface area contributed by atoms with Gasteiger partial charge in [0.05, 0.1) is 0 Å². The van der Waals surface area contributed by atoms with Crippen LogP contribution in [-0.2, 0) is 0 Å². The predicted molar refractivity (Wildman–Crippen MR) is 53.0 cm³/mol. The van der Waals surface area contributed by atoms with Gasteiger partial charge >= 0.3 is 0 Å². The van der Waals surface area contributed by atoms with E-state index in [9.17, 15) is 0 Å². The van der Waals surface area contributed by atoms with Crippen molar-refractivity contribution in [2.24, 2.45) is 5.92 Å². The fourth-order valence-corrected chi connectivity index (χ4v) is 2.04. The molecule has 0 bridgehead atoms. The van der Waals surface area contributed by atoms with E-state index >= 15 is 0 Å². The summed E-state index contributed by atoms with van der Waals surface area (Å²) in [7, 11) is 0. The normalized spacial score (nSPS) is 25.3. The highest BCUT2D eigenvalue weighted by Crippen LogP contribution is 2.37. The third kappa shape index (κ3) is 1.62. The van der Waals surface area contributed by atoms with Crippen molar-refractivity contribution in [2.45, 2.75) is 19.4 Å². The average molecular weight is 214 g/mol. The third-order valence-electron chi connectivity index (χ3n) is 2.19. The maximum atomic E-state index is 8.75. The van der Waals surface area contributed by atoms with Crippen LogP contribution in [0.15, 0.2) is 0 Å². The Bertz CT molecular complexity index is 368. The van der Waals surface area contributed by atoms with Gasteiger partial charge in [-0.05, 0) is 23.9 Å². The van der Waals surface area contributed by atoms with Gasteiger partial charge in [0.25, 0.3) is 0 Å². The lowest BCUT2D eigenvalue weighted by Crippen LogP contribution is -2.03. The summed E-state index contributed by atoms with van der Waals surface area (Å²) in [5, 5.41) is 12.4. The van der Waals surface area contributed by atoms with E-state index in [0.717, 1.165) is 18.0 Å².